The number of halogens is 1. The molecular formula is C2H8ClO8P3. The van der Waals surface area contributed by atoms with Crippen LogP contribution < -0.4 is 0 Å². The minimum absolute atomic E-state index is 0.0208. The van der Waals surface area contributed by atoms with Gasteiger partial charge in [0.2, 0.25) is 0 Å². The van der Waals surface area contributed by atoms with Crippen molar-refractivity contribution < 1.29 is 36.6 Å². The number of alkyl halides is 1. The first kappa shape index (κ1) is 14.8. The molecule has 2 N–H and O–H groups in total. The second kappa shape index (κ2) is 7.12. The van der Waals surface area contributed by atoms with E-state index in [1.165, 1.54) is 0 Å². The van der Waals surface area contributed by atoms with Crippen LogP contribution in [0.25, 0.3) is 0 Å². The molecule has 0 aliphatic carbocycles. The van der Waals surface area contributed by atoms with Crippen LogP contribution in [0.1, 0.15) is 0 Å². The minimum atomic E-state index is -4.80. The van der Waals surface area contributed by atoms with Crippen LogP contribution in [-0.2, 0) is 26.8 Å². The number of hydrogen-bond acceptors (Lipinski definition) is 6. The van der Waals surface area contributed by atoms with Gasteiger partial charge in [0.05, 0.1) is 6.61 Å². The summed E-state index contributed by atoms with van der Waals surface area (Å²) in [6.45, 7) is -0.145. The third-order valence-corrected chi connectivity index (χ3v) is 4.34. The maximum Gasteiger partial charge on any atom is 0.486 e. The van der Waals surface area contributed by atoms with Gasteiger partial charge in [-0.05, 0) is 0 Å². The highest BCUT2D eigenvalue weighted by molar-refractivity contribution is 7.61. The van der Waals surface area contributed by atoms with E-state index in [0.29, 0.717) is 0 Å². The second-order valence-corrected chi connectivity index (χ2v) is 5.80. The topological polar surface area (TPSA) is 119 Å². The van der Waals surface area contributed by atoms with Crippen molar-refractivity contribution >= 4 is 35.9 Å². The number of phosphoric acid groups is 1. The Balaban J connectivity index is 4.02. The Kier molecular flexibility index (Phi) is 7.52. The standard InChI is InChI=1S/C2H8ClO8P3/c3-1-2-9-13(6)11-14(7,8)10-12(4)5/h12-13H,1-2H2,(H,4,5)(H,7,8). The van der Waals surface area contributed by atoms with Gasteiger partial charge < -0.3 is 14.3 Å². The van der Waals surface area contributed by atoms with E-state index in [0.717, 1.165) is 0 Å². The van der Waals surface area contributed by atoms with E-state index in [4.69, 9.17) is 21.4 Å². The van der Waals surface area contributed by atoms with Crippen molar-refractivity contribution in [1.29, 1.82) is 0 Å². The molecule has 0 rings (SSSR count). The number of hydrogen-bond donors (Lipinski definition) is 2. The monoisotopic (exact) mass is 288 g/mol. The third-order valence-electron chi connectivity index (χ3n) is 0.680. The summed E-state index contributed by atoms with van der Waals surface area (Å²) >= 11 is 5.15. The summed E-state index contributed by atoms with van der Waals surface area (Å²) in [4.78, 5) is 16.8. The van der Waals surface area contributed by atoms with Crippen molar-refractivity contribution in [2.75, 3.05) is 12.5 Å². The molecule has 8 nitrogen and oxygen atoms in total. The van der Waals surface area contributed by atoms with Gasteiger partial charge >= 0.3 is 24.3 Å². The van der Waals surface area contributed by atoms with Crippen LogP contribution in [0.15, 0.2) is 0 Å². The zero-order chi connectivity index (χ0) is 11.2. The Morgan fingerprint density at radius 3 is 2.36 bits per heavy atom. The van der Waals surface area contributed by atoms with E-state index < -0.39 is 24.3 Å². The SMILES string of the molecule is O=[PH](O)OP(=O)(O)O[PH](=O)OCCCl. The molecule has 0 heterocycles. The molecule has 0 saturated heterocycles. The van der Waals surface area contributed by atoms with Gasteiger partial charge in [0.15, 0.2) is 0 Å². The van der Waals surface area contributed by atoms with E-state index >= 15 is 0 Å². The fraction of sp³-hybridized carbons (Fsp3) is 1.00. The van der Waals surface area contributed by atoms with Crippen molar-refractivity contribution in [2.45, 2.75) is 0 Å². The van der Waals surface area contributed by atoms with Gasteiger partial charge in [-0.3, -0.25) is 9.13 Å². The van der Waals surface area contributed by atoms with E-state index in [1.807, 2.05) is 0 Å². The Labute approximate surface area is 85.6 Å². The molecule has 0 fully saturated rings. The lowest BCUT2D eigenvalue weighted by Crippen LogP contribution is -1.89. The van der Waals surface area contributed by atoms with Gasteiger partial charge in [0.25, 0.3) is 0 Å². The van der Waals surface area contributed by atoms with Crippen molar-refractivity contribution in [1.82, 2.24) is 0 Å². The molecule has 3 atom stereocenters. The predicted octanol–water partition coefficient (Wildman–Crippen LogP) is 1.15. The van der Waals surface area contributed by atoms with Crippen molar-refractivity contribution in [3.63, 3.8) is 0 Å². The molecular weight excluding hydrogens is 280 g/mol. The van der Waals surface area contributed by atoms with Gasteiger partial charge in [0.1, 0.15) is 0 Å². The zero-order valence-electron chi connectivity index (χ0n) is 6.58. The highest BCUT2D eigenvalue weighted by Crippen LogP contribution is 2.57. The molecule has 3 unspecified atom stereocenters. The van der Waals surface area contributed by atoms with Crippen LogP contribution in [0.5, 0.6) is 0 Å². The largest absolute Gasteiger partial charge is 0.486 e. The molecule has 12 heteroatoms. The van der Waals surface area contributed by atoms with Crippen LogP contribution in [-0.4, -0.2) is 22.3 Å². The molecule has 0 bridgehead atoms. The summed E-state index contributed by atoms with van der Waals surface area (Å²) in [5, 5.41) is 0. The molecule has 0 aromatic carbocycles. The fourth-order valence-corrected chi connectivity index (χ4v) is 3.07. The Bertz CT molecular complexity index is 265. The minimum Gasteiger partial charge on any atom is -0.326 e. The number of rotatable bonds is 7. The predicted molar refractivity (Wildman–Crippen MR) is 48.9 cm³/mol. The summed E-state index contributed by atoms with van der Waals surface area (Å²) in [7, 11) is -11.7. The van der Waals surface area contributed by atoms with Crippen LogP contribution in [0, 0.1) is 0 Å². The molecule has 0 amide bonds. The lowest BCUT2D eigenvalue weighted by molar-refractivity contribution is 0.248. The highest BCUT2D eigenvalue weighted by atomic mass is 35.5. The van der Waals surface area contributed by atoms with Crippen LogP contribution in [0.4, 0.5) is 0 Å². The Morgan fingerprint density at radius 1 is 1.36 bits per heavy atom. The van der Waals surface area contributed by atoms with E-state index in [2.05, 4.69) is 13.1 Å². The first-order chi connectivity index (χ1) is 6.37. The summed E-state index contributed by atoms with van der Waals surface area (Å²) in [5.41, 5.74) is 0. The molecule has 0 saturated carbocycles. The van der Waals surface area contributed by atoms with Crippen LogP contribution in [0.2, 0.25) is 0 Å². The van der Waals surface area contributed by atoms with E-state index in [1.54, 1.807) is 0 Å². The van der Waals surface area contributed by atoms with Crippen LogP contribution in [0.3, 0.4) is 0 Å². The lowest BCUT2D eigenvalue weighted by atomic mass is 10.9. The van der Waals surface area contributed by atoms with Gasteiger partial charge in [-0.25, -0.2) is 13.2 Å². The first-order valence-electron chi connectivity index (χ1n) is 3.05. The second-order valence-electron chi connectivity index (χ2n) is 1.70. The molecule has 0 radical (unpaired) electrons. The Hall–Kier alpha value is 0.780. The first-order valence-corrected chi connectivity index (χ1v) is 7.57. The fourth-order valence-electron chi connectivity index (χ4n) is 0.360. The van der Waals surface area contributed by atoms with Crippen LogP contribution >= 0.6 is 35.9 Å². The highest BCUT2D eigenvalue weighted by Gasteiger charge is 2.27. The third kappa shape index (κ3) is 8.12. The van der Waals surface area contributed by atoms with E-state index in [9.17, 15) is 13.7 Å². The summed E-state index contributed by atoms with van der Waals surface area (Å²) in [5.74, 6) is 0.0208. The molecule has 0 spiro atoms. The van der Waals surface area contributed by atoms with Crippen molar-refractivity contribution in [3.8, 4) is 0 Å². The molecule has 0 aliphatic heterocycles. The van der Waals surface area contributed by atoms with Crippen molar-refractivity contribution in [2.24, 2.45) is 0 Å². The molecule has 14 heavy (non-hydrogen) atoms. The van der Waals surface area contributed by atoms with Gasteiger partial charge in [-0.1, -0.05) is 0 Å². The zero-order valence-corrected chi connectivity index (χ0v) is 10.2. The van der Waals surface area contributed by atoms with Gasteiger partial charge in [-0.2, -0.15) is 0 Å². The maximum absolute atomic E-state index is 10.7. The molecule has 0 aromatic heterocycles. The quantitative estimate of drug-likeness (QED) is 0.529. The molecule has 0 aliphatic rings. The average molecular weight is 288 g/mol. The maximum atomic E-state index is 10.7. The molecule has 0 aromatic rings. The molecule has 86 valence electrons. The van der Waals surface area contributed by atoms with E-state index in [-0.39, 0.29) is 12.5 Å². The lowest BCUT2D eigenvalue weighted by Gasteiger charge is -2.08. The Morgan fingerprint density at radius 2 is 1.93 bits per heavy atom. The summed E-state index contributed by atoms with van der Waals surface area (Å²) < 4.78 is 43.2. The van der Waals surface area contributed by atoms with Gasteiger partial charge in [0, 0.05) is 5.88 Å². The smallest absolute Gasteiger partial charge is 0.326 e. The van der Waals surface area contributed by atoms with Gasteiger partial charge in [-0.15, -0.1) is 11.6 Å². The summed E-state index contributed by atoms with van der Waals surface area (Å²) in [6, 6.07) is 0. The summed E-state index contributed by atoms with van der Waals surface area (Å²) in [6.07, 6.45) is 0. The normalized spacial score (nSPS) is 19.9. The average Bonchev–Trinajstić information content (AvgIpc) is 1.96. The van der Waals surface area contributed by atoms with Crippen molar-refractivity contribution in [3.05, 3.63) is 0 Å².